The minimum atomic E-state index is -0.642. The molecule has 1 aliphatic heterocycles. The molecule has 0 amide bonds. The average Bonchev–Trinajstić information content (AvgIpc) is 3.32. The Hall–Kier alpha value is -9.98. The summed E-state index contributed by atoms with van der Waals surface area (Å²) < 4.78 is 21.4. The number of hydrogen-bond acceptors (Lipinski definition) is 2. The van der Waals surface area contributed by atoms with E-state index in [0.717, 1.165) is 44.7 Å². The highest BCUT2D eigenvalue weighted by molar-refractivity contribution is 6.62. The predicted octanol–water partition coefficient (Wildman–Crippen LogP) is 19.2. The largest absolute Gasteiger partial charge is 0.494 e. The molecule has 12 aromatic carbocycles. The van der Waals surface area contributed by atoms with Crippen molar-refractivity contribution in [3.8, 4) is 61.6 Å². The second-order valence-electron chi connectivity index (χ2n) is 23.4. The van der Waals surface area contributed by atoms with E-state index in [4.69, 9.17) is 9.31 Å². The minimum Gasteiger partial charge on any atom is -0.399 e. The summed E-state index contributed by atoms with van der Waals surface area (Å²) in [5, 5.41) is 7.22. The van der Waals surface area contributed by atoms with E-state index in [1.807, 2.05) is 0 Å². The van der Waals surface area contributed by atoms with E-state index < -0.39 is 18.3 Å². The number of fused-ring (bicyclic) bond motifs is 9. The van der Waals surface area contributed by atoms with Gasteiger partial charge in [-0.15, -0.1) is 0 Å². The smallest absolute Gasteiger partial charge is 0.399 e. The van der Waals surface area contributed by atoms with Gasteiger partial charge in [-0.25, -0.2) is 0 Å². The van der Waals surface area contributed by atoms with Crippen molar-refractivity contribution in [2.75, 3.05) is 0 Å². The fraction of sp³-hybridized carbons (Fsp3) is 0.0769. The molecule has 1 unspecified atom stereocenters. The fourth-order valence-corrected chi connectivity index (χ4v) is 13.4. The van der Waals surface area contributed by atoms with Crippen molar-refractivity contribution in [3.63, 3.8) is 0 Å². The maximum atomic E-state index is 7.20. The van der Waals surface area contributed by atoms with Crippen LogP contribution in [0.1, 0.15) is 26.3 Å². The fourth-order valence-electron chi connectivity index (χ4n) is 13.4. The standard InChI is InChI=1S/C78H58BN3O2/c1-77(2)78(3,84-79(83-77)61-37-43-76-70(50-61)69-46-57(54-23-11-5-12-24-54)33-39-75(69)82(76)64-30-17-8-18-31-64)51-52-20-19-25-55(44-52)58-34-40-72-66(47-58)68-49-60(36-42-74(68)81(72)63-28-15-7-16-29-63)59-35-41-73-67(48-59)65-45-56(53-21-9-4-10-22-53)32-38-71(65)80(73)62-26-13-6-14-27-62/h4-50H,51H2,1-3H3. The van der Waals surface area contributed by atoms with E-state index in [1.54, 1.807) is 0 Å². The highest BCUT2D eigenvalue weighted by atomic mass is 16.7. The summed E-state index contributed by atoms with van der Waals surface area (Å²) in [6.07, 6.45) is 0.668. The summed E-state index contributed by atoms with van der Waals surface area (Å²) in [5.74, 6) is 0. The van der Waals surface area contributed by atoms with Crippen molar-refractivity contribution >= 4 is 78.0 Å². The molecule has 5 nitrogen and oxygen atoms in total. The lowest BCUT2D eigenvalue weighted by Gasteiger charge is -2.36. The van der Waals surface area contributed by atoms with Crippen LogP contribution in [0.15, 0.2) is 285 Å². The molecule has 400 valence electrons. The van der Waals surface area contributed by atoms with Gasteiger partial charge in [0.1, 0.15) is 0 Å². The molecule has 0 radical (unpaired) electrons. The van der Waals surface area contributed by atoms with Crippen LogP contribution in [0.2, 0.25) is 0 Å². The molecule has 6 heteroatoms. The number of nitrogens with zero attached hydrogens (tertiary/aromatic N) is 3. The second-order valence-corrected chi connectivity index (χ2v) is 23.4. The average molecular weight is 1080 g/mol. The van der Waals surface area contributed by atoms with Crippen LogP contribution in [0.4, 0.5) is 0 Å². The highest BCUT2D eigenvalue weighted by Crippen LogP contribution is 2.44. The zero-order valence-electron chi connectivity index (χ0n) is 47.1. The molecule has 1 atom stereocenters. The third-order valence-corrected chi connectivity index (χ3v) is 18.0. The maximum absolute atomic E-state index is 7.20. The second kappa shape index (κ2) is 19.6. The van der Waals surface area contributed by atoms with Crippen LogP contribution >= 0.6 is 0 Å². The number of aromatic nitrogens is 3. The van der Waals surface area contributed by atoms with Gasteiger partial charge in [0, 0.05) is 55.8 Å². The van der Waals surface area contributed by atoms with Gasteiger partial charge in [0.15, 0.2) is 0 Å². The lowest BCUT2D eigenvalue weighted by Crippen LogP contribution is -2.46. The first-order valence-electron chi connectivity index (χ1n) is 29.2. The molecule has 3 aromatic heterocycles. The molecule has 1 aliphatic rings. The van der Waals surface area contributed by atoms with Gasteiger partial charge < -0.3 is 23.0 Å². The molecule has 0 N–H and O–H groups in total. The Bertz CT molecular complexity index is 5030. The highest BCUT2D eigenvalue weighted by Gasteiger charge is 2.54. The maximum Gasteiger partial charge on any atom is 0.494 e. The Labute approximate surface area is 489 Å². The summed E-state index contributed by atoms with van der Waals surface area (Å²) in [6, 6.07) is 104. The topological polar surface area (TPSA) is 33.2 Å². The Morgan fingerprint density at radius 3 is 0.976 bits per heavy atom. The third kappa shape index (κ3) is 8.24. The lowest BCUT2D eigenvalue weighted by molar-refractivity contribution is -0.00876. The van der Waals surface area contributed by atoms with Crippen LogP contribution in [0.3, 0.4) is 0 Å². The van der Waals surface area contributed by atoms with Crippen molar-refractivity contribution in [1.82, 2.24) is 13.7 Å². The first-order valence-corrected chi connectivity index (χ1v) is 29.2. The van der Waals surface area contributed by atoms with Crippen molar-refractivity contribution in [3.05, 3.63) is 291 Å². The first-order chi connectivity index (χ1) is 41.2. The van der Waals surface area contributed by atoms with E-state index in [1.165, 1.54) is 93.3 Å². The van der Waals surface area contributed by atoms with Gasteiger partial charge in [-0.05, 0) is 179 Å². The Morgan fingerprint density at radius 1 is 0.286 bits per heavy atom. The summed E-state index contributed by atoms with van der Waals surface area (Å²) in [5.41, 5.74) is 20.8. The number of hydrogen-bond donors (Lipinski definition) is 0. The Balaban J connectivity index is 0.753. The van der Waals surface area contributed by atoms with Crippen molar-refractivity contribution in [1.29, 1.82) is 0 Å². The summed E-state index contributed by atoms with van der Waals surface area (Å²) in [6.45, 7) is 6.57. The molecule has 16 rings (SSSR count). The number of para-hydroxylation sites is 3. The van der Waals surface area contributed by atoms with Crippen LogP contribution in [0, 0.1) is 0 Å². The monoisotopic (exact) mass is 1080 g/mol. The van der Waals surface area contributed by atoms with Gasteiger partial charge in [-0.1, -0.05) is 182 Å². The SMILES string of the molecule is CC1(C)OB(c2ccc3c(c2)c2cc(-c4ccccc4)ccc2n3-c2ccccc2)OC1(C)Cc1cccc(-c2ccc3c(c2)c2cc(-c4ccc5c(c4)c4cc(-c6ccccc6)ccc4n5-c4ccccc4)ccc2n3-c2ccccc2)c1. The van der Waals surface area contributed by atoms with Crippen LogP contribution in [0.25, 0.3) is 127 Å². The molecule has 84 heavy (non-hydrogen) atoms. The van der Waals surface area contributed by atoms with E-state index in [0.29, 0.717) is 6.42 Å². The molecule has 0 spiro atoms. The van der Waals surface area contributed by atoms with Crippen molar-refractivity contribution < 1.29 is 9.31 Å². The molecule has 1 fully saturated rings. The molecular formula is C78H58BN3O2. The zero-order valence-corrected chi connectivity index (χ0v) is 47.1. The van der Waals surface area contributed by atoms with Gasteiger partial charge in [-0.3, -0.25) is 0 Å². The zero-order chi connectivity index (χ0) is 56.1. The van der Waals surface area contributed by atoms with Gasteiger partial charge in [0.2, 0.25) is 0 Å². The normalized spacial score (nSPS) is 15.2. The quantitative estimate of drug-likeness (QED) is 0.128. The number of rotatable bonds is 10. The van der Waals surface area contributed by atoms with Crippen LogP contribution in [-0.2, 0) is 15.7 Å². The molecule has 0 saturated carbocycles. The van der Waals surface area contributed by atoms with E-state index >= 15 is 0 Å². The van der Waals surface area contributed by atoms with Gasteiger partial charge in [0.25, 0.3) is 0 Å². The van der Waals surface area contributed by atoms with Crippen LogP contribution in [0.5, 0.6) is 0 Å². The first kappa shape index (κ1) is 49.8. The van der Waals surface area contributed by atoms with E-state index in [-0.39, 0.29) is 0 Å². The van der Waals surface area contributed by atoms with Gasteiger partial charge in [-0.2, -0.15) is 0 Å². The Kier molecular flexibility index (Phi) is 11.6. The molecule has 0 bridgehead atoms. The summed E-state index contributed by atoms with van der Waals surface area (Å²) in [4.78, 5) is 0. The Morgan fingerprint density at radius 2 is 0.595 bits per heavy atom. The van der Waals surface area contributed by atoms with E-state index in [9.17, 15) is 0 Å². The van der Waals surface area contributed by atoms with E-state index in [2.05, 4.69) is 320 Å². The predicted molar refractivity (Wildman–Crippen MR) is 351 cm³/mol. The molecule has 4 heterocycles. The van der Waals surface area contributed by atoms with Crippen molar-refractivity contribution in [2.24, 2.45) is 0 Å². The molecule has 15 aromatic rings. The minimum absolute atomic E-state index is 0.552. The lowest BCUT2D eigenvalue weighted by atomic mass is 9.78. The number of benzene rings is 12. The van der Waals surface area contributed by atoms with Crippen molar-refractivity contribution in [2.45, 2.75) is 38.4 Å². The third-order valence-electron chi connectivity index (χ3n) is 18.0. The van der Waals surface area contributed by atoms with Crippen LogP contribution in [-0.4, -0.2) is 32.0 Å². The molecule has 0 aliphatic carbocycles. The van der Waals surface area contributed by atoms with Gasteiger partial charge >= 0.3 is 7.12 Å². The molecular weight excluding hydrogens is 1020 g/mol. The van der Waals surface area contributed by atoms with Crippen LogP contribution < -0.4 is 5.46 Å². The molecule has 1 saturated heterocycles. The summed E-state index contributed by atoms with van der Waals surface area (Å²) >= 11 is 0. The van der Waals surface area contributed by atoms with Gasteiger partial charge in [0.05, 0.1) is 44.3 Å². The summed E-state index contributed by atoms with van der Waals surface area (Å²) in [7, 11) is -0.552.